The summed E-state index contributed by atoms with van der Waals surface area (Å²) < 4.78 is 19.8. The van der Waals surface area contributed by atoms with Gasteiger partial charge in [-0.05, 0) is 35.9 Å². The third-order valence-corrected chi connectivity index (χ3v) is 3.84. The summed E-state index contributed by atoms with van der Waals surface area (Å²) >= 11 is 0. The Hall–Kier alpha value is -3.13. The Bertz CT molecular complexity index is 999. The average molecular weight is 308 g/mol. The number of pyridine rings is 1. The molecule has 0 N–H and O–H groups in total. The highest BCUT2D eigenvalue weighted by Crippen LogP contribution is 2.32. The molecule has 3 aromatic rings. The van der Waals surface area contributed by atoms with Gasteiger partial charge >= 0.3 is 0 Å². The van der Waals surface area contributed by atoms with Crippen LogP contribution in [0.1, 0.15) is 5.69 Å². The minimum Gasteiger partial charge on any atom is -0.497 e. The fourth-order valence-corrected chi connectivity index (χ4v) is 2.66. The predicted octanol–water partition coefficient (Wildman–Crippen LogP) is 3.22. The molecule has 0 radical (unpaired) electrons. The minimum atomic E-state index is -0.362. The number of ether oxygens (including phenoxy) is 1. The second-order valence-corrected chi connectivity index (χ2v) is 5.12. The minimum absolute atomic E-state index is 0.224. The second-order valence-electron chi connectivity index (χ2n) is 5.12. The molecule has 0 saturated heterocycles. The Morgan fingerprint density at radius 2 is 1.83 bits per heavy atom. The SMILES string of the molecule is COc1ccc2c(=O)n(C)c(C#N)c(-c3ccc(F)cc3)c2c1. The zero-order chi connectivity index (χ0) is 16.6. The van der Waals surface area contributed by atoms with Crippen molar-refractivity contribution in [3.8, 4) is 22.9 Å². The molecule has 0 unspecified atom stereocenters. The van der Waals surface area contributed by atoms with Crippen LogP contribution in [0.25, 0.3) is 21.9 Å². The Morgan fingerprint density at radius 3 is 2.43 bits per heavy atom. The highest BCUT2D eigenvalue weighted by molar-refractivity contribution is 5.99. The fourth-order valence-electron chi connectivity index (χ4n) is 2.66. The summed E-state index contributed by atoms with van der Waals surface area (Å²) in [7, 11) is 3.09. The number of methoxy groups -OCH3 is 1. The number of fused-ring (bicyclic) bond motifs is 1. The summed E-state index contributed by atoms with van der Waals surface area (Å²) in [6.45, 7) is 0. The molecule has 2 aromatic carbocycles. The van der Waals surface area contributed by atoms with E-state index in [9.17, 15) is 14.4 Å². The summed E-state index contributed by atoms with van der Waals surface area (Å²) in [5, 5.41) is 10.6. The van der Waals surface area contributed by atoms with Crippen LogP contribution in [0, 0.1) is 17.1 Å². The summed E-state index contributed by atoms with van der Waals surface area (Å²) in [5.74, 6) is 0.219. The van der Waals surface area contributed by atoms with Crippen molar-refractivity contribution in [2.75, 3.05) is 7.11 Å². The predicted molar refractivity (Wildman–Crippen MR) is 85.9 cm³/mol. The number of rotatable bonds is 2. The molecule has 0 spiro atoms. The third kappa shape index (κ3) is 2.34. The normalized spacial score (nSPS) is 10.5. The van der Waals surface area contributed by atoms with Gasteiger partial charge in [-0.25, -0.2) is 4.39 Å². The molecule has 0 aliphatic rings. The van der Waals surface area contributed by atoms with Crippen LogP contribution < -0.4 is 10.3 Å². The quantitative estimate of drug-likeness (QED) is 0.730. The van der Waals surface area contributed by atoms with E-state index in [4.69, 9.17) is 4.74 Å². The first-order valence-corrected chi connectivity index (χ1v) is 6.93. The molecule has 1 heterocycles. The van der Waals surface area contributed by atoms with Crippen LogP contribution in [0.5, 0.6) is 5.75 Å². The Balaban J connectivity index is 2.51. The molecule has 3 rings (SSSR count). The molecule has 0 saturated carbocycles. The molecule has 4 nitrogen and oxygen atoms in total. The highest BCUT2D eigenvalue weighted by atomic mass is 19.1. The zero-order valence-corrected chi connectivity index (χ0v) is 12.6. The van der Waals surface area contributed by atoms with Crippen molar-refractivity contribution in [3.05, 3.63) is 64.3 Å². The van der Waals surface area contributed by atoms with Gasteiger partial charge in [-0.15, -0.1) is 0 Å². The third-order valence-electron chi connectivity index (χ3n) is 3.84. The fraction of sp³-hybridized carbons (Fsp3) is 0.111. The maximum Gasteiger partial charge on any atom is 0.259 e. The molecule has 0 aliphatic carbocycles. The molecular weight excluding hydrogens is 295 g/mol. The van der Waals surface area contributed by atoms with Gasteiger partial charge in [-0.3, -0.25) is 4.79 Å². The molecule has 0 aliphatic heterocycles. The van der Waals surface area contributed by atoms with Crippen molar-refractivity contribution < 1.29 is 9.13 Å². The van der Waals surface area contributed by atoms with Crippen molar-refractivity contribution in [2.45, 2.75) is 0 Å². The smallest absolute Gasteiger partial charge is 0.259 e. The van der Waals surface area contributed by atoms with E-state index in [2.05, 4.69) is 6.07 Å². The first-order chi connectivity index (χ1) is 11.1. The van der Waals surface area contributed by atoms with Crippen LogP contribution in [0.3, 0.4) is 0 Å². The Labute approximate surface area is 132 Å². The van der Waals surface area contributed by atoms with Gasteiger partial charge in [0, 0.05) is 23.4 Å². The van der Waals surface area contributed by atoms with Crippen LogP contribution in [-0.2, 0) is 7.05 Å². The van der Waals surface area contributed by atoms with Gasteiger partial charge in [0.1, 0.15) is 23.3 Å². The molecule has 23 heavy (non-hydrogen) atoms. The van der Waals surface area contributed by atoms with Crippen molar-refractivity contribution in [1.82, 2.24) is 4.57 Å². The van der Waals surface area contributed by atoms with E-state index in [0.29, 0.717) is 27.6 Å². The Morgan fingerprint density at radius 1 is 1.13 bits per heavy atom. The van der Waals surface area contributed by atoms with E-state index in [1.165, 1.54) is 23.8 Å². The number of benzene rings is 2. The summed E-state index contributed by atoms with van der Waals surface area (Å²) in [4.78, 5) is 12.5. The monoisotopic (exact) mass is 308 g/mol. The molecule has 0 amide bonds. The van der Waals surface area contributed by atoms with Gasteiger partial charge in [0.25, 0.3) is 5.56 Å². The molecule has 114 valence electrons. The topological polar surface area (TPSA) is 55.0 Å². The lowest BCUT2D eigenvalue weighted by Gasteiger charge is -2.13. The lowest BCUT2D eigenvalue weighted by atomic mass is 9.97. The number of aromatic nitrogens is 1. The lowest BCUT2D eigenvalue weighted by Crippen LogP contribution is -2.20. The lowest BCUT2D eigenvalue weighted by molar-refractivity contribution is 0.415. The number of halogens is 1. The van der Waals surface area contributed by atoms with Crippen molar-refractivity contribution in [1.29, 1.82) is 5.26 Å². The Kier molecular flexibility index (Phi) is 3.59. The largest absolute Gasteiger partial charge is 0.497 e. The van der Waals surface area contributed by atoms with E-state index in [1.54, 1.807) is 37.4 Å². The molecule has 0 fully saturated rings. The standard InChI is InChI=1S/C18H13FN2O2/c1-21-16(10-20)17(11-3-5-12(19)6-4-11)15-9-13(23-2)7-8-14(15)18(21)22/h3-9H,1-2H3. The first kappa shape index (κ1) is 14.8. The number of hydrogen-bond acceptors (Lipinski definition) is 3. The molecular formula is C18H13FN2O2. The van der Waals surface area contributed by atoms with Crippen LogP contribution in [0.2, 0.25) is 0 Å². The van der Waals surface area contributed by atoms with Crippen LogP contribution in [0.15, 0.2) is 47.3 Å². The van der Waals surface area contributed by atoms with E-state index >= 15 is 0 Å². The zero-order valence-electron chi connectivity index (χ0n) is 12.6. The van der Waals surface area contributed by atoms with Gasteiger partial charge in [-0.2, -0.15) is 5.26 Å². The van der Waals surface area contributed by atoms with E-state index in [-0.39, 0.29) is 17.1 Å². The van der Waals surface area contributed by atoms with Gasteiger partial charge in [-0.1, -0.05) is 12.1 Å². The number of hydrogen-bond donors (Lipinski definition) is 0. The molecule has 0 bridgehead atoms. The summed E-state index contributed by atoms with van der Waals surface area (Å²) in [6.07, 6.45) is 0. The van der Waals surface area contributed by atoms with E-state index in [0.717, 1.165) is 0 Å². The highest BCUT2D eigenvalue weighted by Gasteiger charge is 2.17. The molecule has 1 aromatic heterocycles. The second kappa shape index (κ2) is 5.58. The molecule has 5 heteroatoms. The van der Waals surface area contributed by atoms with E-state index in [1.807, 2.05) is 0 Å². The van der Waals surface area contributed by atoms with Crippen molar-refractivity contribution in [3.63, 3.8) is 0 Å². The van der Waals surface area contributed by atoms with Crippen LogP contribution in [-0.4, -0.2) is 11.7 Å². The van der Waals surface area contributed by atoms with Crippen LogP contribution >= 0.6 is 0 Å². The molecule has 0 atom stereocenters. The van der Waals surface area contributed by atoms with Crippen molar-refractivity contribution in [2.24, 2.45) is 7.05 Å². The average Bonchev–Trinajstić information content (AvgIpc) is 2.58. The first-order valence-electron chi connectivity index (χ1n) is 6.93. The van der Waals surface area contributed by atoms with Crippen molar-refractivity contribution >= 4 is 10.8 Å². The van der Waals surface area contributed by atoms with E-state index < -0.39 is 0 Å². The maximum atomic E-state index is 13.2. The van der Waals surface area contributed by atoms with Gasteiger partial charge in [0.15, 0.2) is 0 Å². The maximum absolute atomic E-state index is 13.2. The van der Waals surface area contributed by atoms with Gasteiger partial charge < -0.3 is 9.30 Å². The number of nitriles is 1. The van der Waals surface area contributed by atoms with Gasteiger partial charge in [0.2, 0.25) is 0 Å². The van der Waals surface area contributed by atoms with Gasteiger partial charge in [0.05, 0.1) is 7.11 Å². The number of nitrogens with zero attached hydrogens (tertiary/aromatic N) is 2. The van der Waals surface area contributed by atoms with Crippen LogP contribution in [0.4, 0.5) is 4.39 Å². The summed E-state index contributed by atoms with van der Waals surface area (Å²) in [5.41, 5.74) is 1.22. The summed E-state index contributed by atoms with van der Waals surface area (Å²) in [6, 6.07) is 13.0.